The van der Waals surface area contributed by atoms with Crippen molar-refractivity contribution in [3.8, 4) is 5.75 Å². The summed E-state index contributed by atoms with van der Waals surface area (Å²) in [6.45, 7) is 1.95. The number of aliphatic carboxylic acids is 1. The zero-order chi connectivity index (χ0) is 29.4. The van der Waals surface area contributed by atoms with Gasteiger partial charge in [-0.3, -0.25) is 4.79 Å². The van der Waals surface area contributed by atoms with E-state index in [9.17, 15) is 13.2 Å². The topological polar surface area (TPSA) is 139 Å². The van der Waals surface area contributed by atoms with Crippen LogP contribution in [0.2, 0.25) is 0 Å². The number of nitrogens with one attached hydrogen (secondary N) is 2. The molecular formula is C29H36N6O5S. The Morgan fingerprint density at radius 3 is 2.59 bits per heavy atom. The monoisotopic (exact) mass is 580 g/mol. The molecule has 0 radical (unpaired) electrons. The Balaban J connectivity index is 1.70. The highest BCUT2D eigenvalue weighted by atomic mass is 32.2. The minimum absolute atomic E-state index is 0.114. The number of methoxy groups -OCH3 is 1. The summed E-state index contributed by atoms with van der Waals surface area (Å²) in [4.78, 5) is 22.0. The summed E-state index contributed by atoms with van der Waals surface area (Å²) in [5.41, 5.74) is 2.79. The molecule has 2 aromatic carbocycles. The summed E-state index contributed by atoms with van der Waals surface area (Å²) < 4.78 is 34.0. The van der Waals surface area contributed by atoms with Crippen molar-refractivity contribution in [3.63, 3.8) is 0 Å². The first kappa shape index (κ1) is 30.0. The van der Waals surface area contributed by atoms with Crippen molar-refractivity contribution in [2.24, 2.45) is 0 Å². The van der Waals surface area contributed by atoms with Crippen molar-refractivity contribution in [2.45, 2.75) is 37.1 Å². The minimum Gasteiger partial charge on any atom is -0.496 e. The predicted octanol–water partition coefficient (Wildman–Crippen LogP) is 3.87. The fourth-order valence-electron chi connectivity index (χ4n) is 4.72. The number of carboxylic acids is 1. The standard InChI is InChI=1S/C29H36N6O5S/c1-30-15-7-9-21-19-35(41(38,39)24-10-5-4-6-11-24)29-27(21)28(31-20-32-29)33-23-13-14-25(40-3)22(17-23)18-34(2)16-8-12-26(36)37/h4-6,10-11,13-14,17,19-20,30H,7-9,12,15-16,18H2,1-3H3,(H,36,37)(H,31,32,33). The van der Waals surface area contributed by atoms with Gasteiger partial charge in [-0.05, 0) is 82.3 Å². The van der Waals surface area contributed by atoms with Crippen molar-refractivity contribution in [3.05, 3.63) is 72.2 Å². The molecule has 0 aliphatic rings. The quantitative estimate of drug-likeness (QED) is 0.178. The number of ether oxygens (including phenoxy) is 1. The van der Waals surface area contributed by atoms with E-state index < -0.39 is 16.0 Å². The molecule has 2 aromatic heterocycles. The molecule has 2 heterocycles. The Kier molecular flexibility index (Phi) is 9.92. The van der Waals surface area contributed by atoms with Crippen LogP contribution in [0.15, 0.2) is 66.0 Å². The number of hydrogen-bond donors (Lipinski definition) is 3. The lowest BCUT2D eigenvalue weighted by molar-refractivity contribution is -0.137. The van der Waals surface area contributed by atoms with Crippen molar-refractivity contribution in [2.75, 3.05) is 39.6 Å². The third kappa shape index (κ3) is 7.20. The number of anilines is 2. The molecule has 41 heavy (non-hydrogen) atoms. The van der Waals surface area contributed by atoms with Gasteiger partial charge in [0.05, 0.1) is 17.4 Å². The first-order chi connectivity index (χ1) is 19.7. The van der Waals surface area contributed by atoms with E-state index in [1.807, 2.05) is 37.2 Å². The first-order valence-corrected chi connectivity index (χ1v) is 14.8. The van der Waals surface area contributed by atoms with Crippen LogP contribution in [-0.2, 0) is 27.8 Å². The molecule has 0 amide bonds. The van der Waals surface area contributed by atoms with Gasteiger partial charge in [0, 0.05) is 30.4 Å². The second-order valence-electron chi connectivity index (χ2n) is 9.78. The summed E-state index contributed by atoms with van der Waals surface area (Å²) in [5, 5.41) is 16.1. The molecule has 12 heteroatoms. The van der Waals surface area contributed by atoms with E-state index in [1.54, 1.807) is 43.6 Å². The number of nitrogens with zero attached hydrogens (tertiary/aromatic N) is 4. The molecule has 0 bridgehead atoms. The lowest BCUT2D eigenvalue weighted by atomic mass is 10.1. The fourth-order valence-corrected chi connectivity index (χ4v) is 6.08. The van der Waals surface area contributed by atoms with Gasteiger partial charge in [-0.25, -0.2) is 22.4 Å². The number of aryl methyl sites for hydroxylation is 1. The molecule has 3 N–H and O–H groups in total. The average Bonchev–Trinajstić information content (AvgIpc) is 3.34. The van der Waals surface area contributed by atoms with Gasteiger partial charge in [0.2, 0.25) is 0 Å². The van der Waals surface area contributed by atoms with Crippen LogP contribution in [-0.4, -0.2) is 72.6 Å². The van der Waals surface area contributed by atoms with E-state index in [1.165, 1.54) is 10.3 Å². The third-order valence-corrected chi connectivity index (χ3v) is 8.38. The number of benzene rings is 2. The van der Waals surface area contributed by atoms with Crippen molar-refractivity contribution in [1.82, 2.24) is 24.2 Å². The molecule has 218 valence electrons. The molecule has 0 saturated carbocycles. The molecule has 4 rings (SSSR count). The third-order valence-electron chi connectivity index (χ3n) is 6.72. The van der Waals surface area contributed by atoms with Gasteiger partial charge in [0.1, 0.15) is 17.9 Å². The fraction of sp³-hybridized carbons (Fsp3) is 0.345. The highest BCUT2D eigenvalue weighted by Gasteiger charge is 2.24. The molecule has 0 aliphatic carbocycles. The van der Waals surface area contributed by atoms with Crippen LogP contribution in [0.3, 0.4) is 0 Å². The second kappa shape index (κ2) is 13.6. The van der Waals surface area contributed by atoms with Gasteiger partial charge < -0.3 is 25.4 Å². The Morgan fingerprint density at radius 1 is 1.10 bits per heavy atom. The largest absolute Gasteiger partial charge is 0.496 e. The van der Waals surface area contributed by atoms with Gasteiger partial charge in [0.15, 0.2) is 5.65 Å². The van der Waals surface area contributed by atoms with Crippen LogP contribution in [0.25, 0.3) is 11.0 Å². The van der Waals surface area contributed by atoms with Gasteiger partial charge in [0.25, 0.3) is 10.0 Å². The van der Waals surface area contributed by atoms with Crippen LogP contribution < -0.4 is 15.4 Å². The molecule has 11 nitrogen and oxygen atoms in total. The van der Waals surface area contributed by atoms with Gasteiger partial charge in [-0.15, -0.1) is 0 Å². The van der Waals surface area contributed by atoms with Gasteiger partial charge in [-0.1, -0.05) is 18.2 Å². The normalized spacial score (nSPS) is 11.7. The van der Waals surface area contributed by atoms with Crippen LogP contribution >= 0.6 is 0 Å². The van der Waals surface area contributed by atoms with E-state index in [0.717, 1.165) is 29.8 Å². The molecule has 0 spiro atoms. The Morgan fingerprint density at radius 2 is 1.88 bits per heavy atom. The SMILES string of the molecule is CNCCCc1cn(S(=O)(=O)c2ccccc2)c2ncnc(Nc3ccc(OC)c(CN(C)CCCC(=O)O)c3)c12. The summed E-state index contributed by atoms with van der Waals surface area (Å²) in [6, 6.07) is 14.0. The van der Waals surface area contributed by atoms with Crippen molar-refractivity contribution >= 4 is 38.5 Å². The van der Waals surface area contributed by atoms with Crippen molar-refractivity contribution in [1.29, 1.82) is 0 Å². The van der Waals surface area contributed by atoms with Crippen LogP contribution in [0.1, 0.15) is 30.4 Å². The summed E-state index contributed by atoms with van der Waals surface area (Å²) in [5.74, 6) is 0.401. The molecule has 0 aliphatic heterocycles. The summed E-state index contributed by atoms with van der Waals surface area (Å²) in [7, 11) is 1.54. The van der Waals surface area contributed by atoms with E-state index in [0.29, 0.717) is 48.5 Å². The number of carbonyl (C=O) groups is 1. The summed E-state index contributed by atoms with van der Waals surface area (Å²) >= 11 is 0. The zero-order valence-electron chi connectivity index (χ0n) is 23.5. The smallest absolute Gasteiger partial charge is 0.303 e. The molecule has 0 saturated heterocycles. The van der Waals surface area contributed by atoms with Crippen LogP contribution in [0, 0.1) is 0 Å². The van der Waals surface area contributed by atoms with Crippen LogP contribution in [0.4, 0.5) is 11.5 Å². The van der Waals surface area contributed by atoms with E-state index in [4.69, 9.17) is 9.84 Å². The number of hydrogen-bond acceptors (Lipinski definition) is 9. The summed E-state index contributed by atoms with van der Waals surface area (Å²) in [6.07, 6.45) is 5.10. The maximum atomic E-state index is 13.6. The van der Waals surface area contributed by atoms with E-state index in [-0.39, 0.29) is 11.3 Å². The van der Waals surface area contributed by atoms with Gasteiger partial charge >= 0.3 is 5.97 Å². The second-order valence-corrected chi connectivity index (χ2v) is 11.6. The van der Waals surface area contributed by atoms with Gasteiger partial charge in [-0.2, -0.15) is 0 Å². The molecule has 0 fully saturated rings. The van der Waals surface area contributed by atoms with Crippen molar-refractivity contribution < 1.29 is 23.1 Å². The van der Waals surface area contributed by atoms with E-state index in [2.05, 4.69) is 20.6 Å². The zero-order valence-corrected chi connectivity index (χ0v) is 24.3. The number of fused-ring (bicyclic) bond motifs is 1. The predicted molar refractivity (Wildman–Crippen MR) is 158 cm³/mol. The lowest BCUT2D eigenvalue weighted by Gasteiger charge is -2.19. The van der Waals surface area contributed by atoms with Crippen LogP contribution in [0.5, 0.6) is 5.75 Å². The maximum absolute atomic E-state index is 13.6. The van der Waals surface area contributed by atoms with E-state index >= 15 is 0 Å². The molecule has 0 atom stereocenters. The highest BCUT2D eigenvalue weighted by Crippen LogP contribution is 2.33. The molecule has 0 unspecified atom stereocenters. The highest BCUT2D eigenvalue weighted by molar-refractivity contribution is 7.90. The minimum atomic E-state index is -3.88. The molecule has 4 aromatic rings. The number of carboxylic acid groups (broad SMARTS) is 1. The lowest BCUT2D eigenvalue weighted by Crippen LogP contribution is -2.20. The molecular weight excluding hydrogens is 544 g/mol. The first-order valence-electron chi connectivity index (χ1n) is 13.4. The Hall–Kier alpha value is -4.00. The number of rotatable bonds is 15. The Labute approximate surface area is 240 Å². The maximum Gasteiger partial charge on any atom is 0.303 e. The average molecular weight is 581 g/mol. The number of aromatic nitrogens is 3. The Bertz CT molecular complexity index is 1590.